The molecule has 4 nitrogen and oxygen atoms in total. The molecule has 0 unspecified atom stereocenters. The summed E-state index contributed by atoms with van der Waals surface area (Å²) in [6.45, 7) is 6.34. The Balaban J connectivity index is 1.58. The minimum atomic E-state index is -0.350. The van der Waals surface area contributed by atoms with E-state index in [1.165, 1.54) is 12.5 Å². The van der Waals surface area contributed by atoms with Gasteiger partial charge in [0.2, 0.25) is 0 Å². The fourth-order valence-corrected chi connectivity index (χ4v) is 3.77. The Hall–Kier alpha value is -1.33. The molecule has 0 spiro atoms. The van der Waals surface area contributed by atoms with Crippen LogP contribution in [0, 0.1) is 11.7 Å². The van der Waals surface area contributed by atoms with Gasteiger partial charge in [-0.1, -0.05) is 24.6 Å². The van der Waals surface area contributed by atoms with E-state index >= 15 is 0 Å². The Bertz CT molecular complexity index is 588. The van der Waals surface area contributed by atoms with Crippen LogP contribution in [0.3, 0.4) is 0 Å². The van der Waals surface area contributed by atoms with Crippen molar-refractivity contribution in [2.75, 3.05) is 26.2 Å². The van der Waals surface area contributed by atoms with Crippen molar-refractivity contribution in [3.8, 4) is 0 Å². The molecule has 25 heavy (non-hydrogen) atoms. The predicted octanol–water partition coefficient (Wildman–Crippen LogP) is 3.89. The van der Waals surface area contributed by atoms with Gasteiger partial charge in [0.25, 0.3) is 0 Å². The van der Waals surface area contributed by atoms with E-state index in [9.17, 15) is 9.18 Å². The molecule has 1 atom stereocenters. The number of likely N-dealkylation sites (tertiary alicyclic amines) is 1. The zero-order valence-electron chi connectivity index (χ0n) is 14.8. The van der Waals surface area contributed by atoms with Crippen LogP contribution < -0.4 is 5.32 Å². The molecule has 1 aliphatic heterocycles. The molecule has 1 saturated carbocycles. The number of carbonyl (C=O) groups excluding carboxylic acids is 1. The molecule has 2 aliphatic rings. The van der Waals surface area contributed by atoms with Gasteiger partial charge in [0.15, 0.2) is 0 Å². The minimum Gasteiger partial charge on any atom is -0.338 e. The van der Waals surface area contributed by atoms with Gasteiger partial charge in [-0.05, 0) is 56.8 Å². The monoisotopic (exact) mass is 367 g/mol. The molecular formula is C19H27ClFN3O. The van der Waals surface area contributed by atoms with Crippen molar-refractivity contribution in [2.45, 2.75) is 45.2 Å². The molecule has 1 aliphatic carbocycles. The van der Waals surface area contributed by atoms with Crippen LogP contribution in [0.25, 0.3) is 0 Å². The summed E-state index contributed by atoms with van der Waals surface area (Å²) >= 11 is 6.13. The van der Waals surface area contributed by atoms with Gasteiger partial charge in [-0.3, -0.25) is 0 Å². The van der Waals surface area contributed by atoms with Crippen molar-refractivity contribution in [1.29, 1.82) is 0 Å². The van der Waals surface area contributed by atoms with Crippen molar-refractivity contribution >= 4 is 17.6 Å². The SMILES string of the molecule is CCN1CCC[C@@H](CNC(=O)N(Cc2c(F)cccc2Cl)C2CC2)C1. The zero-order chi connectivity index (χ0) is 17.8. The maximum absolute atomic E-state index is 14.1. The number of halogens is 2. The Kier molecular flexibility index (Phi) is 6.18. The highest BCUT2D eigenvalue weighted by Crippen LogP contribution is 2.30. The first-order valence-electron chi connectivity index (χ1n) is 9.28. The number of hydrogen-bond acceptors (Lipinski definition) is 2. The molecule has 1 aromatic carbocycles. The first-order chi connectivity index (χ1) is 12.1. The van der Waals surface area contributed by atoms with Gasteiger partial charge < -0.3 is 15.1 Å². The fourth-order valence-electron chi connectivity index (χ4n) is 3.54. The molecule has 0 radical (unpaired) electrons. The highest BCUT2D eigenvalue weighted by molar-refractivity contribution is 6.31. The van der Waals surface area contributed by atoms with Crippen LogP contribution in [-0.4, -0.2) is 48.1 Å². The van der Waals surface area contributed by atoms with Gasteiger partial charge in [-0.2, -0.15) is 0 Å². The number of nitrogens with zero attached hydrogens (tertiary/aromatic N) is 2. The van der Waals surface area contributed by atoms with Crippen LogP contribution in [0.15, 0.2) is 18.2 Å². The first-order valence-corrected chi connectivity index (χ1v) is 9.66. The summed E-state index contributed by atoms with van der Waals surface area (Å²) < 4.78 is 14.1. The minimum absolute atomic E-state index is 0.101. The molecule has 2 fully saturated rings. The molecular weight excluding hydrogens is 341 g/mol. The second-order valence-electron chi connectivity index (χ2n) is 7.15. The van der Waals surface area contributed by atoms with Crippen LogP contribution >= 0.6 is 11.6 Å². The van der Waals surface area contributed by atoms with Crippen molar-refractivity contribution in [3.63, 3.8) is 0 Å². The zero-order valence-corrected chi connectivity index (χ0v) is 15.6. The van der Waals surface area contributed by atoms with Crippen LogP contribution in [0.2, 0.25) is 5.02 Å². The van der Waals surface area contributed by atoms with Gasteiger partial charge in [0.1, 0.15) is 5.82 Å². The third-order valence-corrected chi connectivity index (χ3v) is 5.59. The number of rotatable bonds is 6. The summed E-state index contributed by atoms with van der Waals surface area (Å²) in [7, 11) is 0. The molecule has 138 valence electrons. The van der Waals surface area contributed by atoms with Crippen molar-refractivity contribution in [2.24, 2.45) is 5.92 Å². The number of carbonyl (C=O) groups is 1. The van der Waals surface area contributed by atoms with Crippen molar-refractivity contribution < 1.29 is 9.18 Å². The standard InChI is InChI=1S/C19H27ClFN3O/c1-2-23-10-4-5-14(12-23)11-22-19(25)24(15-8-9-15)13-16-17(20)6-3-7-18(16)21/h3,6-7,14-15H,2,4-5,8-13H2,1H3,(H,22,25)/t14-/m0/s1. The van der Waals surface area contributed by atoms with E-state index in [-0.39, 0.29) is 24.4 Å². The molecule has 0 aromatic heterocycles. The van der Waals surface area contributed by atoms with E-state index in [1.54, 1.807) is 17.0 Å². The molecule has 0 bridgehead atoms. The van der Waals surface area contributed by atoms with Crippen LogP contribution in [0.1, 0.15) is 38.2 Å². The van der Waals surface area contributed by atoms with E-state index in [1.807, 2.05) is 0 Å². The molecule has 1 heterocycles. The number of benzene rings is 1. The average molecular weight is 368 g/mol. The molecule has 3 rings (SSSR count). The fraction of sp³-hybridized carbons (Fsp3) is 0.632. The van der Waals surface area contributed by atoms with E-state index in [0.29, 0.717) is 23.0 Å². The summed E-state index contributed by atoms with van der Waals surface area (Å²) in [4.78, 5) is 16.9. The lowest BCUT2D eigenvalue weighted by Crippen LogP contribution is -2.45. The summed E-state index contributed by atoms with van der Waals surface area (Å²) in [6.07, 6.45) is 4.30. The first kappa shape index (κ1) is 18.5. The van der Waals surface area contributed by atoms with Crippen molar-refractivity contribution in [3.05, 3.63) is 34.6 Å². The van der Waals surface area contributed by atoms with Gasteiger partial charge in [0, 0.05) is 29.7 Å². The van der Waals surface area contributed by atoms with E-state index < -0.39 is 0 Å². The highest BCUT2D eigenvalue weighted by atomic mass is 35.5. The Labute approximate surface area is 154 Å². The van der Waals surface area contributed by atoms with E-state index in [4.69, 9.17) is 11.6 Å². The number of piperidine rings is 1. The average Bonchev–Trinajstić information content (AvgIpc) is 3.44. The lowest BCUT2D eigenvalue weighted by Gasteiger charge is -2.32. The van der Waals surface area contributed by atoms with Crippen LogP contribution in [-0.2, 0) is 6.54 Å². The Morgan fingerprint density at radius 3 is 2.88 bits per heavy atom. The summed E-state index contributed by atoms with van der Waals surface area (Å²) in [6, 6.07) is 4.76. The third kappa shape index (κ3) is 4.85. The van der Waals surface area contributed by atoms with Gasteiger partial charge in [-0.25, -0.2) is 9.18 Å². The number of hydrogen-bond donors (Lipinski definition) is 1. The lowest BCUT2D eigenvalue weighted by molar-refractivity contribution is 0.167. The highest BCUT2D eigenvalue weighted by Gasteiger charge is 2.34. The maximum Gasteiger partial charge on any atom is 0.317 e. The normalized spacial score (nSPS) is 21.2. The summed E-state index contributed by atoms with van der Waals surface area (Å²) in [5.74, 6) is 0.146. The number of amides is 2. The predicted molar refractivity (Wildman–Crippen MR) is 98.2 cm³/mol. The second kappa shape index (κ2) is 8.37. The van der Waals surface area contributed by atoms with Gasteiger partial charge in [-0.15, -0.1) is 0 Å². The van der Waals surface area contributed by atoms with Crippen LogP contribution in [0.4, 0.5) is 9.18 Å². The molecule has 1 N–H and O–H groups in total. The second-order valence-corrected chi connectivity index (χ2v) is 7.55. The summed E-state index contributed by atoms with van der Waals surface area (Å²) in [5, 5.41) is 3.45. The molecule has 1 aromatic rings. The van der Waals surface area contributed by atoms with Crippen LogP contribution in [0.5, 0.6) is 0 Å². The number of nitrogens with one attached hydrogen (secondary N) is 1. The topological polar surface area (TPSA) is 35.6 Å². The quantitative estimate of drug-likeness (QED) is 0.828. The summed E-state index contributed by atoms with van der Waals surface area (Å²) in [5.41, 5.74) is 0.404. The Morgan fingerprint density at radius 2 is 2.20 bits per heavy atom. The third-order valence-electron chi connectivity index (χ3n) is 5.23. The van der Waals surface area contributed by atoms with Gasteiger partial charge >= 0.3 is 6.03 Å². The Morgan fingerprint density at radius 1 is 1.40 bits per heavy atom. The van der Waals surface area contributed by atoms with E-state index in [2.05, 4.69) is 17.1 Å². The molecule has 1 saturated heterocycles. The lowest BCUT2D eigenvalue weighted by atomic mass is 9.98. The number of urea groups is 1. The van der Waals surface area contributed by atoms with E-state index in [0.717, 1.165) is 38.9 Å². The molecule has 2 amide bonds. The molecule has 6 heteroatoms. The van der Waals surface area contributed by atoms with Gasteiger partial charge in [0.05, 0.1) is 6.54 Å². The van der Waals surface area contributed by atoms with Crippen molar-refractivity contribution in [1.82, 2.24) is 15.1 Å². The maximum atomic E-state index is 14.1. The smallest absolute Gasteiger partial charge is 0.317 e. The largest absolute Gasteiger partial charge is 0.338 e.